The van der Waals surface area contributed by atoms with Crippen LogP contribution in [0, 0.1) is 0 Å². The molecule has 0 spiro atoms. The highest BCUT2D eigenvalue weighted by atomic mass is 35.5. The minimum atomic E-state index is -0.719. The van der Waals surface area contributed by atoms with E-state index in [0.29, 0.717) is 22.4 Å². The van der Waals surface area contributed by atoms with Crippen molar-refractivity contribution in [2.45, 2.75) is 39.2 Å². The van der Waals surface area contributed by atoms with Gasteiger partial charge in [-0.2, -0.15) is 9.78 Å². The summed E-state index contributed by atoms with van der Waals surface area (Å²) in [4.78, 5) is 17.1. The number of ether oxygens (including phenoxy) is 1. The van der Waals surface area contributed by atoms with Crippen molar-refractivity contribution in [3.8, 4) is 11.6 Å². The lowest BCUT2D eigenvalue weighted by atomic mass is 9.92. The molecular weight excluding hydrogens is 376 g/mol. The van der Waals surface area contributed by atoms with Crippen molar-refractivity contribution >= 4 is 23.3 Å². The van der Waals surface area contributed by atoms with Crippen molar-refractivity contribution in [3.05, 3.63) is 65.4 Å². The second-order valence-corrected chi connectivity index (χ2v) is 7.91. The number of carbonyl (C=O) groups excluding carboxylic acids is 1. The molecule has 1 amide bonds. The van der Waals surface area contributed by atoms with E-state index in [4.69, 9.17) is 16.3 Å². The van der Waals surface area contributed by atoms with E-state index < -0.39 is 6.10 Å². The van der Waals surface area contributed by atoms with Crippen LogP contribution in [0.25, 0.3) is 5.82 Å². The molecule has 1 atom stereocenters. The van der Waals surface area contributed by atoms with Crippen LogP contribution in [0.3, 0.4) is 0 Å². The highest BCUT2D eigenvalue weighted by molar-refractivity contribution is 6.30. The molecule has 0 aliphatic rings. The summed E-state index contributed by atoms with van der Waals surface area (Å²) in [6.07, 6.45) is 0.966. The van der Waals surface area contributed by atoms with Gasteiger partial charge in [-0.3, -0.25) is 4.79 Å². The van der Waals surface area contributed by atoms with E-state index in [9.17, 15) is 4.79 Å². The first kappa shape index (κ1) is 19.9. The van der Waals surface area contributed by atoms with Crippen LogP contribution in [0.1, 0.15) is 33.4 Å². The van der Waals surface area contributed by atoms with Crippen LogP contribution in [-0.4, -0.2) is 26.8 Å². The van der Waals surface area contributed by atoms with Crippen LogP contribution in [0.2, 0.25) is 5.02 Å². The lowest BCUT2D eigenvalue weighted by Crippen LogP contribution is -2.31. The van der Waals surface area contributed by atoms with Gasteiger partial charge in [0.05, 0.1) is 5.69 Å². The molecule has 1 N–H and O–H groups in total. The summed E-state index contributed by atoms with van der Waals surface area (Å²) in [5.74, 6) is 1.40. The number of halogens is 1. The minimum absolute atomic E-state index is 0.178. The fourth-order valence-corrected chi connectivity index (χ4v) is 2.70. The summed E-state index contributed by atoms with van der Waals surface area (Å²) in [5.41, 5.74) is 0.666. The van der Waals surface area contributed by atoms with E-state index in [1.54, 1.807) is 42.1 Å². The molecule has 146 valence electrons. The molecule has 28 heavy (non-hydrogen) atoms. The molecule has 1 aromatic carbocycles. The molecule has 0 saturated heterocycles. The lowest BCUT2D eigenvalue weighted by molar-refractivity contribution is -0.122. The molecule has 0 bridgehead atoms. The van der Waals surface area contributed by atoms with Crippen molar-refractivity contribution in [2.24, 2.45) is 0 Å². The van der Waals surface area contributed by atoms with E-state index in [2.05, 4.69) is 36.2 Å². The highest BCUT2D eigenvalue weighted by Crippen LogP contribution is 2.26. The van der Waals surface area contributed by atoms with E-state index in [1.165, 1.54) is 0 Å². The van der Waals surface area contributed by atoms with Crippen LogP contribution in [-0.2, 0) is 10.2 Å². The van der Waals surface area contributed by atoms with Crippen molar-refractivity contribution in [1.82, 2.24) is 14.8 Å². The Morgan fingerprint density at radius 3 is 2.61 bits per heavy atom. The quantitative estimate of drug-likeness (QED) is 0.680. The van der Waals surface area contributed by atoms with Gasteiger partial charge in [0.15, 0.2) is 11.9 Å². The van der Waals surface area contributed by atoms with Gasteiger partial charge in [0.2, 0.25) is 0 Å². The Morgan fingerprint density at radius 2 is 1.96 bits per heavy atom. The molecule has 2 aromatic heterocycles. The Hall–Kier alpha value is -2.86. The molecule has 6 nitrogen and oxygen atoms in total. The monoisotopic (exact) mass is 398 g/mol. The first-order chi connectivity index (χ1) is 13.2. The predicted molar refractivity (Wildman–Crippen MR) is 110 cm³/mol. The number of pyridine rings is 1. The average Bonchev–Trinajstić information content (AvgIpc) is 3.06. The minimum Gasteiger partial charge on any atom is -0.481 e. The SMILES string of the molecule is CC(Oc1cccc(Cl)c1)C(=O)Nc1cc(C(C)(C)C)nn1-c1ccccn1. The van der Waals surface area contributed by atoms with Crippen molar-refractivity contribution in [1.29, 1.82) is 0 Å². The molecule has 0 fully saturated rings. The van der Waals surface area contributed by atoms with Gasteiger partial charge in [-0.15, -0.1) is 0 Å². The number of benzene rings is 1. The van der Waals surface area contributed by atoms with Crippen LogP contribution >= 0.6 is 11.6 Å². The summed E-state index contributed by atoms with van der Waals surface area (Å²) in [5, 5.41) is 8.09. The predicted octanol–water partition coefficient (Wildman–Crippen LogP) is 4.62. The first-order valence-electron chi connectivity index (χ1n) is 8.99. The normalized spacial score (nSPS) is 12.5. The third-order valence-electron chi connectivity index (χ3n) is 4.07. The average molecular weight is 399 g/mol. The Bertz CT molecular complexity index is 964. The molecule has 7 heteroatoms. The smallest absolute Gasteiger partial charge is 0.266 e. The van der Waals surface area contributed by atoms with Crippen LogP contribution in [0.15, 0.2) is 54.7 Å². The number of nitrogens with one attached hydrogen (secondary N) is 1. The summed E-state index contributed by atoms with van der Waals surface area (Å²) in [6.45, 7) is 7.88. The second-order valence-electron chi connectivity index (χ2n) is 7.47. The topological polar surface area (TPSA) is 69.0 Å². The fraction of sp³-hybridized carbons (Fsp3) is 0.286. The number of hydrogen-bond acceptors (Lipinski definition) is 4. The Kier molecular flexibility index (Phi) is 5.70. The van der Waals surface area contributed by atoms with E-state index in [-0.39, 0.29) is 11.3 Å². The van der Waals surface area contributed by atoms with Gasteiger partial charge in [0.25, 0.3) is 5.91 Å². The number of amides is 1. The van der Waals surface area contributed by atoms with Gasteiger partial charge >= 0.3 is 0 Å². The molecule has 0 radical (unpaired) electrons. The molecule has 0 aliphatic carbocycles. The Labute approximate surface area is 169 Å². The largest absolute Gasteiger partial charge is 0.481 e. The zero-order chi connectivity index (χ0) is 20.3. The zero-order valence-electron chi connectivity index (χ0n) is 16.3. The van der Waals surface area contributed by atoms with Gasteiger partial charge in [-0.25, -0.2) is 4.98 Å². The van der Waals surface area contributed by atoms with Crippen LogP contribution in [0.4, 0.5) is 5.82 Å². The molecule has 0 saturated carbocycles. The van der Waals surface area contributed by atoms with Crippen molar-refractivity contribution < 1.29 is 9.53 Å². The number of hydrogen-bond donors (Lipinski definition) is 1. The number of nitrogens with zero attached hydrogens (tertiary/aromatic N) is 3. The van der Waals surface area contributed by atoms with Crippen molar-refractivity contribution in [2.75, 3.05) is 5.32 Å². The summed E-state index contributed by atoms with van der Waals surface area (Å²) in [6, 6.07) is 14.3. The molecule has 3 rings (SSSR count). The maximum Gasteiger partial charge on any atom is 0.266 e. The third kappa shape index (κ3) is 4.70. The zero-order valence-corrected chi connectivity index (χ0v) is 17.1. The molecule has 1 unspecified atom stereocenters. The summed E-state index contributed by atoms with van der Waals surface area (Å²) in [7, 11) is 0. The van der Waals surface area contributed by atoms with E-state index >= 15 is 0 Å². The maximum atomic E-state index is 12.7. The van der Waals surface area contributed by atoms with Gasteiger partial charge in [-0.05, 0) is 37.3 Å². The van der Waals surface area contributed by atoms with Crippen molar-refractivity contribution in [3.63, 3.8) is 0 Å². The second kappa shape index (κ2) is 8.02. The number of carbonyl (C=O) groups is 1. The van der Waals surface area contributed by atoms with E-state index in [0.717, 1.165) is 5.69 Å². The van der Waals surface area contributed by atoms with Gasteiger partial charge in [-0.1, -0.05) is 44.5 Å². The lowest BCUT2D eigenvalue weighted by Gasteiger charge is -2.15. The standard InChI is InChI=1S/C21H23ClN4O2/c1-14(28-16-9-7-8-15(22)12-16)20(27)24-19-13-17(21(2,3)4)25-26(19)18-10-5-6-11-23-18/h5-14H,1-4H3,(H,24,27). The number of rotatable bonds is 5. The maximum absolute atomic E-state index is 12.7. The molecule has 0 aliphatic heterocycles. The van der Waals surface area contributed by atoms with Gasteiger partial charge < -0.3 is 10.1 Å². The van der Waals surface area contributed by atoms with Gasteiger partial charge in [0.1, 0.15) is 11.6 Å². The molecule has 2 heterocycles. The fourth-order valence-electron chi connectivity index (χ4n) is 2.52. The molecule has 3 aromatic rings. The van der Waals surface area contributed by atoms with Crippen LogP contribution in [0.5, 0.6) is 5.75 Å². The Balaban J connectivity index is 1.84. The molecular formula is C21H23ClN4O2. The van der Waals surface area contributed by atoms with E-state index in [1.807, 2.05) is 24.3 Å². The first-order valence-corrected chi connectivity index (χ1v) is 9.37. The summed E-state index contributed by atoms with van der Waals surface area (Å²) < 4.78 is 7.34. The summed E-state index contributed by atoms with van der Waals surface area (Å²) >= 11 is 5.97. The van der Waals surface area contributed by atoms with Crippen LogP contribution < -0.4 is 10.1 Å². The highest BCUT2D eigenvalue weighted by Gasteiger charge is 2.23. The number of aromatic nitrogens is 3. The Morgan fingerprint density at radius 1 is 1.18 bits per heavy atom. The third-order valence-corrected chi connectivity index (χ3v) is 4.31. The van der Waals surface area contributed by atoms with Gasteiger partial charge in [0, 0.05) is 22.7 Å². The number of anilines is 1.